The van der Waals surface area contributed by atoms with Gasteiger partial charge in [0.2, 0.25) is 5.91 Å². The summed E-state index contributed by atoms with van der Waals surface area (Å²) in [7, 11) is 0. The lowest BCUT2D eigenvalue weighted by molar-refractivity contribution is -0.124. The van der Waals surface area contributed by atoms with Crippen molar-refractivity contribution in [2.75, 3.05) is 19.6 Å². The number of aromatic nitrogens is 2. The molecule has 3 aromatic rings. The van der Waals surface area contributed by atoms with E-state index >= 15 is 0 Å². The molecule has 2 amide bonds. The third kappa shape index (κ3) is 4.51. The standard InChI is InChI=1S/C23H21FN4O3.C2H6/c24-19-6-5-13(8-20-16-3-1-2-4-17(16)22(30)27-26-20)7-18(19)23(31)28-11-14-9-21(29)25-10-15(14)12-28;1-2/h1-7,14-15H,8-12H2,(H,25,29)(H,27,30);1-2H3. The van der Waals surface area contributed by atoms with Crippen molar-refractivity contribution in [3.05, 3.63) is 75.5 Å². The van der Waals surface area contributed by atoms with Gasteiger partial charge < -0.3 is 10.2 Å². The van der Waals surface area contributed by atoms with Crippen molar-refractivity contribution < 1.29 is 14.0 Å². The van der Waals surface area contributed by atoms with Crippen molar-refractivity contribution in [2.24, 2.45) is 11.8 Å². The van der Waals surface area contributed by atoms with Crippen LogP contribution in [0.3, 0.4) is 0 Å². The molecule has 2 aliphatic heterocycles. The second-order valence-electron chi connectivity index (χ2n) is 8.27. The van der Waals surface area contributed by atoms with Gasteiger partial charge in [0.25, 0.3) is 11.5 Å². The summed E-state index contributed by atoms with van der Waals surface area (Å²) in [6.07, 6.45) is 0.753. The van der Waals surface area contributed by atoms with Crippen LogP contribution in [0.15, 0.2) is 47.3 Å². The lowest BCUT2D eigenvalue weighted by Crippen LogP contribution is -2.40. The topological polar surface area (TPSA) is 95.2 Å². The van der Waals surface area contributed by atoms with Gasteiger partial charge in [0, 0.05) is 37.9 Å². The van der Waals surface area contributed by atoms with Gasteiger partial charge in [0.15, 0.2) is 0 Å². The Kier molecular flexibility index (Phi) is 6.53. The van der Waals surface area contributed by atoms with E-state index in [1.807, 2.05) is 26.0 Å². The summed E-state index contributed by atoms with van der Waals surface area (Å²) in [6.45, 7) is 5.53. The predicted octanol–water partition coefficient (Wildman–Crippen LogP) is 2.89. The number of carbonyl (C=O) groups is 2. The van der Waals surface area contributed by atoms with Crippen LogP contribution in [0, 0.1) is 17.7 Å². The molecule has 2 aromatic carbocycles. The molecule has 8 heteroatoms. The third-order valence-electron chi connectivity index (χ3n) is 6.28. The van der Waals surface area contributed by atoms with Gasteiger partial charge in [-0.15, -0.1) is 0 Å². The van der Waals surface area contributed by atoms with Crippen molar-refractivity contribution in [2.45, 2.75) is 26.7 Å². The van der Waals surface area contributed by atoms with Crippen molar-refractivity contribution in [1.82, 2.24) is 20.4 Å². The zero-order valence-corrected chi connectivity index (χ0v) is 18.7. The number of halogens is 1. The molecule has 172 valence electrons. The Morgan fingerprint density at radius 3 is 2.61 bits per heavy atom. The second-order valence-corrected chi connectivity index (χ2v) is 8.27. The molecule has 33 heavy (non-hydrogen) atoms. The summed E-state index contributed by atoms with van der Waals surface area (Å²) in [4.78, 5) is 38.4. The van der Waals surface area contributed by atoms with Crippen LogP contribution >= 0.6 is 0 Å². The van der Waals surface area contributed by atoms with Crippen molar-refractivity contribution in [3.8, 4) is 0 Å². The number of hydrogen-bond acceptors (Lipinski definition) is 4. The van der Waals surface area contributed by atoms with Crippen LogP contribution in [0.25, 0.3) is 10.8 Å². The van der Waals surface area contributed by atoms with Crippen LogP contribution in [0.1, 0.15) is 41.9 Å². The Morgan fingerprint density at radius 1 is 1.09 bits per heavy atom. The maximum absolute atomic E-state index is 14.6. The number of aromatic amines is 1. The highest BCUT2D eigenvalue weighted by atomic mass is 19.1. The average molecular weight is 451 g/mol. The number of nitrogens with one attached hydrogen (secondary N) is 2. The van der Waals surface area contributed by atoms with Crippen LogP contribution in [0.5, 0.6) is 0 Å². The van der Waals surface area contributed by atoms with Gasteiger partial charge in [-0.2, -0.15) is 5.10 Å². The molecule has 0 saturated carbocycles. The number of fused-ring (bicyclic) bond motifs is 2. The highest BCUT2D eigenvalue weighted by Gasteiger charge is 2.39. The summed E-state index contributed by atoms with van der Waals surface area (Å²) in [5.74, 6) is -0.591. The molecule has 2 aliphatic rings. The molecule has 2 unspecified atom stereocenters. The molecule has 0 aliphatic carbocycles. The zero-order chi connectivity index (χ0) is 23.5. The summed E-state index contributed by atoms with van der Waals surface area (Å²) in [5.41, 5.74) is 1.13. The van der Waals surface area contributed by atoms with Gasteiger partial charge >= 0.3 is 0 Å². The molecular weight excluding hydrogens is 423 g/mol. The van der Waals surface area contributed by atoms with Gasteiger partial charge in [-0.25, -0.2) is 9.49 Å². The Balaban J connectivity index is 0.00000126. The predicted molar refractivity (Wildman–Crippen MR) is 123 cm³/mol. The molecule has 1 aromatic heterocycles. The molecule has 2 fully saturated rings. The first-order valence-corrected chi connectivity index (χ1v) is 11.3. The molecule has 2 saturated heterocycles. The van der Waals surface area contributed by atoms with Gasteiger partial charge in [-0.1, -0.05) is 38.1 Å². The number of H-pyrrole nitrogens is 1. The normalized spacial score (nSPS) is 19.5. The smallest absolute Gasteiger partial charge is 0.272 e. The van der Waals surface area contributed by atoms with E-state index in [1.54, 1.807) is 29.2 Å². The first-order chi connectivity index (χ1) is 16.0. The number of piperidine rings is 1. The Morgan fingerprint density at radius 2 is 1.82 bits per heavy atom. The quantitative estimate of drug-likeness (QED) is 0.642. The fourth-order valence-electron chi connectivity index (χ4n) is 4.64. The van der Waals surface area contributed by atoms with E-state index in [4.69, 9.17) is 0 Å². The van der Waals surface area contributed by atoms with Crippen LogP contribution in [0.2, 0.25) is 0 Å². The highest BCUT2D eigenvalue weighted by Crippen LogP contribution is 2.30. The largest absolute Gasteiger partial charge is 0.356 e. The lowest BCUT2D eigenvalue weighted by Gasteiger charge is -2.23. The molecular formula is C25H27FN4O3. The summed E-state index contributed by atoms with van der Waals surface area (Å²) in [6, 6.07) is 11.6. The lowest BCUT2D eigenvalue weighted by atomic mass is 9.89. The fourth-order valence-corrected chi connectivity index (χ4v) is 4.64. The van der Waals surface area contributed by atoms with E-state index in [2.05, 4.69) is 15.5 Å². The minimum atomic E-state index is -0.572. The molecule has 7 nitrogen and oxygen atoms in total. The first-order valence-electron chi connectivity index (χ1n) is 11.3. The summed E-state index contributed by atoms with van der Waals surface area (Å²) < 4.78 is 14.6. The Bertz CT molecular complexity index is 1260. The molecule has 0 radical (unpaired) electrons. The van der Waals surface area contributed by atoms with Crippen LogP contribution in [0.4, 0.5) is 4.39 Å². The number of likely N-dealkylation sites (tertiary alicyclic amines) is 1. The van der Waals surface area contributed by atoms with Crippen LogP contribution < -0.4 is 10.9 Å². The van der Waals surface area contributed by atoms with Crippen molar-refractivity contribution in [1.29, 1.82) is 0 Å². The van der Waals surface area contributed by atoms with Crippen molar-refractivity contribution in [3.63, 3.8) is 0 Å². The van der Waals surface area contributed by atoms with E-state index in [0.717, 1.165) is 10.9 Å². The van der Waals surface area contributed by atoms with Gasteiger partial charge in [-0.05, 0) is 35.6 Å². The van der Waals surface area contributed by atoms with E-state index in [9.17, 15) is 18.8 Å². The first kappa shape index (κ1) is 22.6. The number of rotatable bonds is 3. The molecule has 0 spiro atoms. The molecule has 2 atom stereocenters. The summed E-state index contributed by atoms with van der Waals surface area (Å²) in [5, 5.41) is 10.8. The number of carbonyl (C=O) groups excluding carboxylic acids is 2. The minimum absolute atomic E-state index is 0.00403. The van der Waals surface area contributed by atoms with E-state index in [-0.39, 0.29) is 34.8 Å². The van der Waals surface area contributed by atoms with Gasteiger partial charge in [0.1, 0.15) is 5.82 Å². The summed E-state index contributed by atoms with van der Waals surface area (Å²) >= 11 is 0. The number of amides is 2. The van der Waals surface area contributed by atoms with Gasteiger partial charge in [-0.3, -0.25) is 14.4 Å². The minimum Gasteiger partial charge on any atom is -0.356 e. The number of nitrogens with zero attached hydrogens (tertiary/aromatic N) is 2. The Hall–Kier alpha value is -3.55. The van der Waals surface area contributed by atoms with E-state index in [0.29, 0.717) is 43.6 Å². The molecule has 5 rings (SSSR count). The fraction of sp³-hybridized carbons (Fsp3) is 0.360. The maximum atomic E-state index is 14.6. The van der Waals surface area contributed by atoms with E-state index in [1.165, 1.54) is 6.07 Å². The second kappa shape index (κ2) is 9.52. The SMILES string of the molecule is CC.O=C1CC2CN(C(=O)c3cc(Cc4n[nH]c(=O)c5ccccc45)ccc3F)CC2CN1. The molecule has 2 N–H and O–H groups in total. The highest BCUT2D eigenvalue weighted by molar-refractivity contribution is 5.95. The Labute approximate surface area is 191 Å². The van der Waals surface area contributed by atoms with E-state index < -0.39 is 5.82 Å². The van der Waals surface area contributed by atoms with Gasteiger partial charge in [0.05, 0.1) is 16.6 Å². The van der Waals surface area contributed by atoms with Crippen molar-refractivity contribution >= 4 is 22.6 Å². The molecule has 3 heterocycles. The van der Waals surface area contributed by atoms with Crippen LogP contribution in [-0.4, -0.2) is 46.5 Å². The molecule has 0 bridgehead atoms. The third-order valence-corrected chi connectivity index (χ3v) is 6.28. The number of hydrogen-bond donors (Lipinski definition) is 2. The average Bonchev–Trinajstić information content (AvgIpc) is 3.26. The maximum Gasteiger partial charge on any atom is 0.272 e. The monoisotopic (exact) mass is 450 g/mol. The zero-order valence-electron chi connectivity index (χ0n) is 18.7. The van der Waals surface area contributed by atoms with Crippen LogP contribution in [-0.2, 0) is 11.2 Å². The number of benzene rings is 2.